The fourth-order valence-electron chi connectivity index (χ4n) is 2.78. The maximum Gasteiger partial charge on any atom is 0.417 e. The van der Waals surface area contributed by atoms with Gasteiger partial charge in [-0.1, -0.05) is 6.07 Å². The number of rotatable bonds is 10. The molecule has 0 radical (unpaired) electrons. The first-order valence-corrected chi connectivity index (χ1v) is 10.8. The second kappa shape index (κ2) is 11.1. The van der Waals surface area contributed by atoms with E-state index in [-0.39, 0.29) is 18.5 Å². The highest BCUT2D eigenvalue weighted by molar-refractivity contribution is 7.78. The summed E-state index contributed by atoms with van der Waals surface area (Å²) in [5.41, 5.74) is -6.17. The molecule has 1 atom stereocenters. The summed E-state index contributed by atoms with van der Waals surface area (Å²) in [5.74, 6) is 0.430. The zero-order chi connectivity index (χ0) is 23.9. The van der Waals surface area contributed by atoms with Crippen molar-refractivity contribution < 1.29 is 45.1 Å². The van der Waals surface area contributed by atoms with E-state index in [1.165, 1.54) is 24.3 Å². The van der Waals surface area contributed by atoms with Gasteiger partial charge in [0.2, 0.25) is 5.52 Å². The van der Waals surface area contributed by atoms with E-state index in [1.807, 2.05) is 0 Å². The van der Waals surface area contributed by atoms with Gasteiger partial charge in [-0.15, -0.1) is 0 Å². The topological polar surface area (TPSA) is 44.8 Å². The van der Waals surface area contributed by atoms with Crippen LogP contribution in [0.1, 0.15) is 35.3 Å². The van der Waals surface area contributed by atoms with Crippen molar-refractivity contribution in [3.8, 4) is 5.75 Å². The molecular weight excluding hydrogens is 461 g/mol. The molecule has 0 heterocycles. The Bertz CT molecular complexity index is 864. The van der Waals surface area contributed by atoms with Crippen LogP contribution in [0.3, 0.4) is 0 Å². The first kappa shape index (κ1) is 26.1. The Morgan fingerprint density at radius 3 is 1.88 bits per heavy atom. The van der Waals surface area contributed by atoms with Crippen molar-refractivity contribution in [2.75, 3.05) is 26.4 Å². The molecule has 0 aliphatic carbocycles. The molecule has 1 unspecified atom stereocenters. The number of hydrogen-bond donors (Lipinski definition) is 0. The molecule has 0 aliphatic rings. The molecule has 2 aromatic carbocycles. The van der Waals surface area contributed by atoms with E-state index in [4.69, 9.17) is 14.0 Å². The minimum Gasteiger partial charge on any atom is -0.494 e. The van der Waals surface area contributed by atoms with E-state index in [0.717, 1.165) is 0 Å². The summed E-state index contributed by atoms with van der Waals surface area (Å²) >= 11 is 0. The van der Waals surface area contributed by atoms with E-state index in [1.54, 1.807) is 13.8 Å². The Labute approximate surface area is 182 Å². The lowest BCUT2D eigenvalue weighted by Gasteiger charge is -2.22. The average Bonchev–Trinajstić information content (AvgIpc) is 2.72. The molecule has 176 valence electrons. The zero-order valence-electron chi connectivity index (χ0n) is 17.2. The lowest BCUT2D eigenvalue weighted by Crippen LogP contribution is -2.22. The van der Waals surface area contributed by atoms with Crippen LogP contribution in [0, 0.1) is 0 Å². The minimum absolute atomic E-state index is 0.0205. The van der Waals surface area contributed by atoms with Crippen molar-refractivity contribution in [3.05, 3.63) is 59.2 Å². The fraction of sp³-hybridized carbons (Fsp3) is 0.381. The monoisotopic (exact) mass is 482 g/mol. The Hall–Kier alpha value is -2.16. The third kappa shape index (κ3) is 6.67. The molecule has 0 aromatic heterocycles. The van der Waals surface area contributed by atoms with E-state index in [0.29, 0.717) is 37.2 Å². The molecule has 0 aliphatic heterocycles. The van der Waals surface area contributed by atoms with Crippen molar-refractivity contribution >= 4 is 19.0 Å². The first-order chi connectivity index (χ1) is 15.0. The Morgan fingerprint density at radius 1 is 0.844 bits per heavy atom. The Morgan fingerprint density at radius 2 is 1.41 bits per heavy atom. The van der Waals surface area contributed by atoms with Gasteiger partial charge in [0.05, 0.1) is 30.9 Å². The predicted octanol–water partition coefficient (Wildman–Crippen LogP) is 6.04. The quantitative estimate of drug-likeness (QED) is 0.235. The van der Waals surface area contributed by atoms with Gasteiger partial charge in [-0.25, -0.2) is 0 Å². The third-order valence-electron chi connectivity index (χ3n) is 4.11. The molecule has 0 spiro atoms. The molecule has 0 fully saturated rings. The van der Waals surface area contributed by atoms with Gasteiger partial charge in [-0.2, -0.15) is 26.3 Å². The van der Waals surface area contributed by atoms with Crippen molar-refractivity contribution in [1.82, 2.24) is 0 Å². The maximum absolute atomic E-state index is 13.5. The number of alkyl halides is 6. The van der Waals surface area contributed by atoms with E-state index >= 15 is 0 Å². The van der Waals surface area contributed by atoms with Crippen molar-refractivity contribution in [2.45, 2.75) is 26.2 Å². The van der Waals surface area contributed by atoms with Crippen LogP contribution in [-0.2, 0) is 21.6 Å². The second-order valence-electron chi connectivity index (χ2n) is 6.28. The second-order valence-corrected chi connectivity index (χ2v) is 8.05. The highest BCUT2D eigenvalue weighted by atomic mass is 31.1. The van der Waals surface area contributed by atoms with Gasteiger partial charge in [0.25, 0.3) is 0 Å². The largest absolute Gasteiger partial charge is 0.494 e. The third-order valence-corrected chi connectivity index (χ3v) is 5.91. The van der Waals surface area contributed by atoms with Crippen molar-refractivity contribution in [3.63, 3.8) is 0 Å². The van der Waals surface area contributed by atoms with E-state index < -0.39 is 42.7 Å². The fourth-order valence-corrected chi connectivity index (χ4v) is 4.41. The SMILES string of the molecule is CCOCCOP(C(=O)c1c(C(F)(F)F)cccc1C(F)(F)F)c1ccc(OCC)cc1. The number of halogens is 6. The number of carbonyl (C=O) groups excluding carboxylic acids is 1. The van der Waals surface area contributed by atoms with Gasteiger partial charge >= 0.3 is 12.4 Å². The number of ether oxygens (including phenoxy) is 2. The summed E-state index contributed by atoms with van der Waals surface area (Å²) in [6, 6.07) is 7.24. The number of hydrogen-bond acceptors (Lipinski definition) is 4. The highest BCUT2D eigenvalue weighted by Crippen LogP contribution is 2.47. The van der Waals surface area contributed by atoms with Crippen LogP contribution in [0.15, 0.2) is 42.5 Å². The van der Waals surface area contributed by atoms with Crippen LogP contribution in [0.2, 0.25) is 0 Å². The van der Waals surface area contributed by atoms with Gasteiger partial charge in [-0.05, 0) is 50.2 Å². The van der Waals surface area contributed by atoms with Gasteiger partial charge in [0.15, 0.2) is 0 Å². The molecule has 2 aromatic rings. The summed E-state index contributed by atoms with van der Waals surface area (Å²) in [7, 11) is -2.53. The minimum atomic E-state index is -5.17. The molecule has 0 bridgehead atoms. The van der Waals surface area contributed by atoms with Crippen LogP contribution in [-0.4, -0.2) is 32.0 Å². The average molecular weight is 482 g/mol. The lowest BCUT2D eigenvalue weighted by molar-refractivity contribution is -0.143. The summed E-state index contributed by atoms with van der Waals surface area (Å²) in [6.07, 6.45) is -10.3. The van der Waals surface area contributed by atoms with Crippen LogP contribution < -0.4 is 10.0 Å². The Kier molecular flexibility index (Phi) is 9.07. The molecule has 0 saturated carbocycles. The van der Waals surface area contributed by atoms with Crippen molar-refractivity contribution in [2.24, 2.45) is 0 Å². The summed E-state index contributed by atoms with van der Waals surface area (Å²) in [5, 5.41) is 0.148. The maximum atomic E-state index is 13.5. The summed E-state index contributed by atoms with van der Waals surface area (Å²) in [4.78, 5) is 13.2. The molecule has 4 nitrogen and oxygen atoms in total. The number of benzene rings is 2. The van der Waals surface area contributed by atoms with Crippen LogP contribution >= 0.6 is 8.15 Å². The van der Waals surface area contributed by atoms with Gasteiger partial charge in [0, 0.05) is 17.5 Å². The molecular formula is C21H21F6O4P. The predicted molar refractivity (Wildman–Crippen MR) is 107 cm³/mol. The first-order valence-electron chi connectivity index (χ1n) is 9.56. The normalized spacial score (nSPS) is 13.1. The van der Waals surface area contributed by atoms with Gasteiger partial charge in [-0.3, -0.25) is 4.79 Å². The molecule has 11 heteroatoms. The molecule has 0 N–H and O–H groups in total. The molecule has 0 saturated heterocycles. The van der Waals surface area contributed by atoms with E-state index in [2.05, 4.69) is 0 Å². The standard InChI is InChI=1S/C21H21F6O4P/c1-3-29-12-13-31-32(15-10-8-14(9-11-15)30-4-2)19(28)18-16(20(22,23)24)6-5-7-17(18)21(25,26)27/h5-11H,3-4,12-13H2,1-2H3. The van der Waals surface area contributed by atoms with Gasteiger partial charge < -0.3 is 14.0 Å². The number of carbonyl (C=O) groups is 1. The van der Waals surface area contributed by atoms with Gasteiger partial charge in [0.1, 0.15) is 13.9 Å². The van der Waals surface area contributed by atoms with E-state index in [9.17, 15) is 31.1 Å². The van der Waals surface area contributed by atoms with Crippen molar-refractivity contribution in [1.29, 1.82) is 0 Å². The van der Waals surface area contributed by atoms with Crippen LogP contribution in [0.25, 0.3) is 0 Å². The van der Waals surface area contributed by atoms with Crippen LogP contribution in [0.5, 0.6) is 5.75 Å². The summed E-state index contributed by atoms with van der Waals surface area (Å²) in [6.45, 7) is 3.96. The molecule has 0 amide bonds. The zero-order valence-corrected chi connectivity index (χ0v) is 18.1. The smallest absolute Gasteiger partial charge is 0.417 e. The van der Waals surface area contributed by atoms with Crippen LogP contribution in [0.4, 0.5) is 26.3 Å². The highest BCUT2D eigenvalue weighted by Gasteiger charge is 2.44. The molecule has 2 rings (SSSR count). The summed E-state index contributed by atoms with van der Waals surface area (Å²) < 4.78 is 97.2. The Balaban J connectivity index is 2.57. The molecule has 32 heavy (non-hydrogen) atoms. The lowest BCUT2D eigenvalue weighted by atomic mass is 10.0.